The fourth-order valence-corrected chi connectivity index (χ4v) is 3.11. The van der Waals surface area contributed by atoms with Crippen molar-refractivity contribution in [3.8, 4) is 0 Å². The number of pyridine rings is 1. The maximum absolute atomic E-state index is 4.59. The van der Waals surface area contributed by atoms with E-state index in [1.807, 2.05) is 6.20 Å². The van der Waals surface area contributed by atoms with E-state index in [1.54, 1.807) is 0 Å². The van der Waals surface area contributed by atoms with Crippen LogP contribution in [0, 0.1) is 0 Å². The molecule has 1 heterocycles. The number of hydrogen-bond acceptors (Lipinski definition) is 1. The van der Waals surface area contributed by atoms with E-state index >= 15 is 0 Å². The van der Waals surface area contributed by atoms with E-state index in [4.69, 9.17) is 0 Å². The third kappa shape index (κ3) is 3.28. The van der Waals surface area contributed by atoms with Crippen molar-refractivity contribution in [3.05, 3.63) is 24.0 Å². The summed E-state index contributed by atoms with van der Waals surface area (Å²) in [5.74, 6) is 0.733. The summed E-state index contributed by atoms with van der Waals surface area (Å²) in [5.41, 5.74) is 1.36. The molecule has 1 fully saturated rings. The van der Waals surface area contributed by atoms with Gasteiger partial charge in [0.2, 0.25) is 0 Å². The minimum Gasteiger partial charge on any atom is -0.261 e. The van der Waals surface area contributed by atoms with Gasteiger partial charge in [-0.3, -0.25) is 4.98 Å². The van der Waals surface area contributed by atoms with Gasteiger partial charge in [-0.05, 0) is 36.9 Å². The van der Waals surface area contributed by atoms with Crippen molar-refractivity contribution in [1.29, 1.82) is 0 Å². The molecule has 0 bridgehead atoms. The zero-order valence-corrected chi connectivity index (χ0v) is 11.2. The maximum Gasteiger partial charge on any atom is 0.0440 e. The van der Waals surface area contributed by atoms with Crippen molar-refractivity contribution in [2.24, 2.45) is 0 Å². The summed E-state index contributed by atoms with van der Waals surface area (Å²) in [7, 11) is 0.898. The molecule has 1 aromatic rings. The lowest BCUT2D eigenvalue weighted by atomic mass is 9.88. The topological polar surface area (TPSA) is 12.9 Å². The van der Waals surface area contributed by atoms with E-state index in [9.17, 15) is 0 Å². The molecule has 1 aromatic heterocycles. The van der Waals surface area contributed by atoms with Crippen LogP contribution in [0.1, 0.15) is 56.6 Å². The first-order valence-corrected chi connectivity index (χ1v) is 8.04. The Morgan fingerprint density at radius 1 is 1.12 bits per heavy atom. The molecule has 2 rings (SSSR count). The zero-order chi connectivity index (χ0) is 11.2. The minimum absolute atomic E-state index is 0.733. The van der Waals surface area contributed by atoms with Gasteiger partial charge >= 0.3 is 0 Å². The van der Waals surface area contributed by atoms with Crippen LogP contribution in [0.15, 0.2) is 18.3 Å². The highest BCUT2D eigenvalue weighted by Crippen LogP contribution is 2.29. The van der Waals surface area contributed by atoms with E-state index in [-0.39, 0.29) is 0 Å². The quantitative estimate of drug-likeness (QED) is 0.710. The molecule has 1 aliphatic carbocycles. The van der Waals surface area contributed by atoms with E-state index in [0.717, 1.165) is 14.5 Å². The lowest BCUT2D eigenvalue weighted by molar-refractivity contribution is 0.450. The molecule has 0 spiro atoms. The van der Waals surface area contributed by atoms with E-state index in [0.29, 0.717) is 0 Å². The molecular weight excluding hydrogens is 213 g/mol. The Hall–Kier alpha value is -0.420. The molecule has 16 heavy (non-hydrogen) atoms. The van der Waals surface area contributed by atoms with Crippen molar-refractivity contribution in [1.82, 2.24) is 4.98 Å². The van der Waals surface area contributed by atoms with Crippen LogP contribution >= 0.6 is 8.58 Å². The Labute approximate surface area is 101 Å². The summed E-state index contributed by atoms with van der Waals surface area (Å²) in [6.45, 7) is 2.25. The molecule has 0 N–H and O–H groups in total. The highest BCUT2D eigenvalue weighted by molar-refractivity contribution is 7.46. The molecule has 0 saturated heterocycles. The van der Waals surface area contributed by atoms with Crippen LogP contribution in [0.5, 0.6) is 0 Å². The first-order valence-electron chi connectivity index (χ1n) is 6.54. The molecule has 0 aliphatic heterocycles. The van der Waals surface area contributed by atoms with Gasteiger partial charge in [0.25, 0.3) is 0 Å². The molecular formula is C14H22NP. The Kier molecular flexibility index (Phi) is 4.78. The highest BCUT2D eigenvalue weighted by atomic mass is 31.1. The largest absolute Gasteiger partial charge is 0.261 e. The molecule has 1 atom stereocenters. The first kappa shape index (κ1) is 12.0. The molecule has 1 saturated carbocycles. The molecule has 1 aliphatic rings. The van der Waals surface area contributed by atoms with Crippen molar-refractivity contribution >= 4 is 13.9 Å². The summed E-state index contributed by atoms with van der Waals surface area (Å²) in [5, 5.41) is 1.46. The monoisotopic (exact) mass is 235 g/mol. The van der Waals surface area contributed by atoms with Crippen molar-refractivity contribution in [2.75, 3.05) is 6.66 Å². The van der Waals surface area contributed by atoms with E-state index < -0.39 is 0 Å². The van der Waals surface area contributed by atoms with Gasteiger partial charge in [0.05, 0.1) is 0 Å². The smallest absolute Gasteiger partial charge is 0.0440 e. The van der Waals surface area contributed by atoms with Crippen LogP contribution in [-0.2, 0) is 0 Å². The fourth-order valence-electron chi connectivity index (χ4n) is 2.58. The van der Waals surface area contributed by atoms with Crippen LogP contribution in [0.4, 0.5) is 0 Å². The van der Waals surface area contributed by atoms with Gasteiger partial charge in [-0.15, -0.1) is 0 Å². The van der Waals surface area contributed by atoms with Crippen LogP contribution < -0.4 is 5.30 Å². The molecule has 2 heteroatoms. The van der Waals surface area contributed by atoms with Gasteiger partial charge in [0.1, 0.15) is 0 Å². The summed E-state index contributed by atoms with van der Waals surface area (Å²) in [4.78, 5) is 4.59. The molecule has 1 nitrogen and oxygen atoms in total. The van der Waals surface area contributed by atoms with Gasteiger partial charge in [-0.2, -0.15) is 0 Å². The summed E-state index contributed by atoms with van der Waals surface area (Å²) in [6.07, 6.45) is 11.8. The van der Waals surface area contributed by atoms with Crippen LogP contribution in [0.25, 0.3) is 0 Å². The zero-order valence-electron chi connectivity index (χ0n) is 10.2. The van der Waals surface area contributed by atoms with Crippen molar-refractivity contribution < 1.29 is 0 Å². The molecule has 88 valence electrons. The van der Waals surface area contributed by atoms with E-state index in [1.165, 1.54) is 55.9 Å². The average Bonchev–Trinajstić information content (AvgIpc) is 2.29. The van der Waals surface area contributed by atoms with Gasteiger partial charge in [0, 0.05) is 17.8 Å². The predicted octanol–water partition coefficient (Wildman–Crippen LogP) is 3.84. The summed E-state index contributed by atoms with van der Waals surface area (Å²) in [6, 6.07) is 4.50. The van der Waals surface area contributed by atoms with Gasteiger partial charge in [-0.1, -0.05) is 40.7 Å². The number of hydrogen-bond donors (Lipinski definition) is 0. The van der Waals surface area contributed by atoms with Crippen molar-refractivity contribution in [2.45, 2.75) is 50.9 Å². The molecule has 0 radical (unpaired) electrons. The minimum atomic E-state index is 0.733. The summed E-state index contributed by atoms with van der Waals surface area (Å²) >= 11 is 0. The SMILES string of the molecule is CPc1ccnc(C2CCCCCCC2)c1. The van der Waals surface area contributed by atoms with Gasteiger partial charge in [0.15, 0.2) is 0 Å². The number of aromatic nitrogens is 1. The second kappa shape index (κ2) is 6.35. The maximum atomic E-state index is 4.59. The average molecular weight is 235 g/mol. The number of nitrogens with zero attached hydrogens (tertiary/aromatic N) is 1. The molecule has 1 unspecified atom stereocenters. The Balaban J connectivity index is 2.07. The second-order valence-electron chi connectivity index (χ2n) is 4.76. The first-order chi connectivity index (χ1) is 7.90. The third-order valence-electron chi connectivity index (χ3n) is 3.59. The van der Waals surface area contributed by atoms with E-state index in [2.05, 4.69) is 23.8 Å². The molecule has 0 aromatic carbocycles. The Morgan fingerprint density at radius 3 is 2.50 bits per heavy atom. The van der Waals surface area contributed by atoms with Crippen molar-refractivity contribution in [3.63, 3.8) is 0 Å². The third-order valence-corrected chi connectivity index (χ3v) is 4.48. The lowest BCUT2D eigenvalue weighted by Crippen LogP contribution is -2.07. The van der Waals surface area contributed by atoms with Crippen LogP contribution in [0.2, 0.25) is 0 Å². The lowest BCUT2D eigenvalue weighted by Gasteiger charge is -2.19. The van der Waals surface area contributed by atoms with Gasteiger partial charge < -0.3 is 0 Å². The number of rotatable bonds is 2. The predicted molar refractivity (Wildman–Crippen MR) is 73.2 cm³/mol. The standard InChI is InChI=1S/C14H22NP/c1-16-13-9-10-15-14(11-13)12-7-5-3-2-4-6-8-12/h9-12,16H,2-8H2,1H3. The van der Waals surface area contributed by atoms with Gasteiger partial charge in [-0.25, -0.2) is 0 Å². The second-order valence-corrected chi connectivity index (χ2v) is 5.84. The Morgan fingerprint density at radius 2 is 1.81 bits per heavy atom. The van der Waals surface area contributed by atoms with Crippen LogP contribution in [-0.4, -0.2) is 11.6 Å². The highest BCUT2D eigenvalue weighted by Gasteiger charge is 2.14. The fraction of sp³-hybridized carbons (Fsp3) is 0.643. The molecule has 0 amide bonds. The Bertz CT molecular complexity index is 316. The normalized spacial score (nSPS) is 19.8. The van der Waals surface area contributed by atoms with Crippen LogP contribution in [0.3, 0.4) is 0 Å². The summed E-state index contributed by atoms with van der Waals surface area (Å²) < 4.78 is 0.